The number of hydrogen-bond donors (Lipinski definition) is 3. The van der Waals surface area contributed by atoms with Gasteiger partial charge in [-0.15, -0.1) is 0 Å². The van der Waals surface area contributed by atoms with Crippen LogP contribution in [0.15, 0.2) is 18.2 Å². The van der Waals surface area contributed by atoms with E-state index in [9.17, 15) is 10.1 Å². The van der Waals surface area contributed by atoms with Crippen LogP contribution in [0.5, 0.6) is 0 Å². The van der Waals surface area contributed by atoms with Crippen molar-refractivity contribution in [2.24, 2.45) is 5.84 Å². The number of hydrogen-bond acceptors (Lipinski definition) is 7. The Morgan fingerprint density at radius 1 is 1.55 bits per heavy atom. The third-order valence-corrected chi connectivity index (χ3v) is 3.24. The van der Waals surface area contributed by atoms with Gasteiger partial charge in [0.25, 0.3) is 0 Å². The van der Waals surface area contributed by atoms with Crippen molar-refractivity contribution in [1.29, 1.82) is 0 Å². The van der Waals surface area contributed by atoms with Gasteiger partial charge in [0.1, 0.15) is 11.4 Å². The normalized spacial score (nSPS) is 19.6. The maximum atomic E-state index is 11.1. The lowest BCUT2D eigenvalue weighted by Crippen LogP contribution is -2.43. The number of nitro benzene ring substituents is 1. The Hall–Kier alpha value is -1.90. The van der Waals surface area contributed by atoms with E-state index in [1.54, 1.807) is 18.2 Å². The third kappa shape index (κ3) is 3.35. The first-order valence-corrected chi connectivity index (χ1v) is 6.40. The lowest BCUT2D eigenvalue weighted by atomic mass is 10.2. The Labute approximate surface area is 117 Å². The molecule has 1 unspecified atom stereocenters. The summed E-state index contributed by atoms with van der Waals surface area (Å²) in [5.41, 5.74) is 3.00. The van der Waals surface area contributed by atoms with Crippen LogP contribution in [-0.4, -0.2) is 49.2 Å². The van der Waals surface area contributed by atoms with Crippen molar-refractivity contribution in [2.45, 2.75) is 6.10 Å². The standard InChI is InChI=1S/C12H19N5O3/c1-16-5-6-20-9(8-16)7-14-10-3-2-4-11(15-13)12(10)17(18)19/h2-4,9,14-15H,5-8,13H2,1H3. The molecule has 1 atom stereocenters. The Bertz CT molecular complexity index is 482. The van der Waals surface area contributed by atoms with E-state index >= 15 is 0 Å². The summed E-state index contributed by atoms with van der Waals surface area (Å²) in [5.74, 6) is 5.30. The van der Waals surface area contributed by atoms with Crippen molar-refractivity contribution in [3.05, 3.63) is 28.3 Å². The fourth-order valence-corrected chi connectivity index (χ4v) is 2.21. The van der Waals surface area contributed by atoms with E-state index in [2.05, 4.69) is 15.6 Å². The second-order valence-corrected chi connectivity index (χ2v) is 4.74. The summed E-state index contributed by atoms with van der Waals surface area (Å²) in [6.45, 7) is 2.90. The van der Waals surface area contributed by atoms with Gasteiger partial charge in [0.2, 0.25) is 0 Å². The zero-order valence-corrected chi connectivity index (χ0v) is 11.3. The van der Waals surface area contributed by atoms with Crippen LogP contribution in [-0.2, 0) is 4.74 Å². The summed E-state index contributed by atoms with van der Waals surface area (Å²) in [4.78, 5) is 12.9. The molecule has 8 heteroatoms. The molecule has 0 amide bonds. The molecule has 1 fully saturated rings. The summed E-state index contributed by atoms with van der Waals surface area (Å²) >= 11 is 0. The summed E-state index contributed by atoms with van der Waals surface area (Å²) in [7, 11) is 2.02. The number of hydrazine groups is 1. The highest BCUT2D eigenvalue weighted by Crippen LogP contribution is 2.32. The summed E-state index contributed by atoms with van der Waals surface area (Å²) in [6, 6.07) is 4.93. The highest BCUT2D eigenvalue weighted by Gasteiger charge is 2.22. The summed E-state index contributed by atoms with van der Waals surface area (Å²) in [5, 5.41) is 14.2. The molecule has 0 spiro atoms. The van der Waals surface area contributed by atoms with E-state index in [-0.39, 0.29) is 17.5 Å². The number of nitro groups is 1. The van der Waals surface area contributed by atoms with Crippen molar-refractivity contribution in [3.8, 4) is 0 Å². The topological polar surface area (TPSA) is 106 Å². The van der Waals surface area contributed by atoms with E-state index in [0.29, 0.717) is 18.8 Å². The maximum Gasteiger partial charge on any atom is 0.316 e. The molecule has 1 heterocycles. The Morgan fingerprint density at radius 3 is 2.95 bits per heavy atom. The number of nitrogens with one attached hydrogen (secondary N) is 2. The Balaban J connectivity index is 2.07. The van der Waals surface area contributed by atoms with E-state index < -0.39 is 4.92 Å². The van der Waals surface area contributed by atoms with E-state index in [1.165, 1.54) is 0 Å². The Morgan fingerprint density at radius 2 is 2.30 bits per heavy atom. The van der Waals surface area contributed by atoms with Crippen LogP contribution in [0, 0.1) is 10.1 Å². The average Bonchev–Trinajstić information content (AvgIpc) is 2.44. The first kappa shape index (κ1) is 14.5. The van der Waals surface area contributed by atoms with Gasteiger partial charge in [-0.3, -0.25) is 16.0 Å². The minimum atomic E-state index is -0.453. The number of anilines is 2. The van der Waals surface area contributed by atoms with Crippen LogP contribution in [0.3, 0.4) is 0 Å². The molecule has 20 heavy (non-hydrogen) atoms. The van der Waals surface area contributed by atoms with Crippen LogP contribution in [0.2, 0.25) is 0 Å². The van der Waals surface area contributed by atoms with Crippen LogP contribution in [0.1, 0.15) is 0 Å². The van der Waals surface area contributed by atoms with E-state index in [4.69, 9.17) is 10.6 Å². The number of para-hydroxylation sites is 1. The van der Waals surface area contributed by atoms with Gasteiger partial charge in [0, 0.05) is 19.6 Å². The fraction of sp³-hybridized carbons (Fsp3) is 0.500. The molecule has 2 rings (SSSR count). The largest absolute Gasteiger partial charge is 0.377 e. The van der Waals surface area contributed by atoms with Crippen LogP contribution in [0.25, 0.3) is 0 Å². The molecule has 1 aliphatic heterocycles. The van der Waals surface area contributed by atoms with Crippen LogP contribution < -0.4 is 16.6 Å². The van der Waals surface area contributed by atoms with Gasteiger partial charge in [-0.25, -0.2) is 0 Å². The summed E-state index contributed by atoms with van der Waals surface area (Å²) in [6.07, 6.45) is 0.0165. The maximum absolute atomic E-state index is 11.1. The van der Waals surface area contributed by atoms with Gasteiger partial charge in [-0.1, -0.05) is 6.07 Å². The lowest BCUT2D eigenvalue weighted by Gasteiger charge is -2.30. The number of ether oxygens (including phenoxy) is 1. The molecule has 1 saturated heterocycles. The minimum Gasteiger partial charge on any atom is -0.377 e. The fourth-order valence-electron chi connectivity index (χ4n) is 2.21. The van der Waals surface area contributed by atoms with E-state index in [1.807, 2.05) is 7.05 Å². The molecular formula is C12H19N5O3. The first-order valence-electron chi connectivity index (χ1n) is 6.40. The molecule has 1 aromatic carbocycles. The molecular weight excluding hydrogens is 262 g/mol. The zero-order valence-electron chi connectivity index (χ0n) is 11.3. The number of morpholine rings is 1. The smallest absolute Gasteiger partial charge is 0.316 e. The SMILES string of the molecule is CN1CCOC(CNc2cccc(NN)c2[N+](=O)[O-])C1. The van der Waals surface area contributed by atoms with Crippen molar-refractivity contribution >= 4 is 17.1 Å². The number of nitrogen functional groups attached to an aromatic ring is 1. The molecule has 0 aliphatic carbocycles. The van der Waals surface area contributed by atoms with Crippen molar-refractivity contribution in [3.63, 3.8) is 0 Å². The molecule has 0 saturated carbocycles. The quantitative estimate of drug-likeness (QED) is 0.413. The predicted octanol–water partition coefficient (Wildman–Crippen LogP) is 0.623. The molecule has 1 aliphatic rings. The monoisotopic (exact) mass is 281 g/mol. The van der Waals surface area contributed by atoms with Crippen molar-refractivity contribution in [1.82, 2.24) is 4.90 Å². The second kappa shape index (κ2) is 6.51. The highest BCUT2D eigenvalue weighted by atomic mass is 16.6. The number of benzene rings is 1. The van der Waals surface area contributed by atoms with Crippen LogP contribution in [0.4, 0.5) is 17.1 Å². The molecule has 110 valence electrons. The molecule has 4 N–H and O–H groups in total. The average molecular weight is 281 g/mol. The minimum absolute atomic E-state index is 0.0165. The van der Waals surface area contributed by atoms with Crippen LogP contribution >= 0.6 is 0 Å². The van der Waals surface area contributed by atoms with Gasteiger partial charge in [0.05, 0.1) is 17.6 Å². The van der Waals surface area contributed by atoms with Gasteiger partial charge in [0.15, 0.2) is 0 Å². The van der Waals surface area contributed by atoms with Gasteiger partial charge >= 0.3 is 5.69 Å². The summed E-state index contributed by atoms with van der Waals surface area (Å²) < 4.78 is 5.61. The molecule has 0 bridgehead atoms. The van der Waals surface area contributed by atoms with Gasteiger partial charge in [-0.05, 0) is 19.2 Å². The second-order valence-electron chi connectivity index (χ2n) is 4.74. The first-order chi connectivity index (χ1) is 9.61. The molecule has 1 aromatic rings. The molecule has 8 nitrogen and oxygen atoms in total. The predicted molar refractivity (Wildman–Crippen MR) is 76.6 cm³/mol. The highest BCUT2D eigenvalue weighted by molar-refractivity contribution is 5.75. The third-order valence-electron chi connectivity index (χ3n) is 3.24. The number of nitrogens with two attached hydrogens (primary N) is 1. The van der Waals surface area contributed by atoms with Crippen molar-refractivity contribution in [2.75, 3.05) is 44.0 Å². The lowest BCUT2D eigenvalue weighted by molar-refractivity contribution is -0.383. The van der Waals surface area contributed by atoms with Gasteiger partial charge in [-0.2, -0.15) is 0 Å². The Kier molecular flexibility index (Phi) is 4.72. The molecule has 0 radical (unpaired) electrons. The number of likely N-dealkylation sites (N-methyl/N-ethyl adjacent to an activating group) is 1. The van der Waals surface area contributed by atoms with E-state index in [0.717, 1.165) is 13.1 Å². The number of nitrogens with zero attached hydrogens (tertiary/aromatic N) is 2. The zero-order chi connectivity index (χ0) is 14.5. The molecule has 0 aromatic heterocycles. The number of rotatable bonds is 5. The van der Waals surface area contributed by atoms with Crippen molar-refractivity contribution < 1.29 is 9.66 Å². The van der Waals surface area contributed by atoms with Gasteiger partial charge < -0.3 is 20.4 Å².